The molecule has 1 rings (SSSR count). The molecule has 0 spiro atoms. The van der Waals surface area contributed by atoms with Crippen LogP contribution in [-0.2, 0) is 4.74 Å². The van der Waals surface area contributed by atoms with Gasteiger partial charge in [0.2, 0.25) is 0 Å². The molecule has 1 fully saturated rings. The van der Waals surface area contributed by atoms with Crippen LogP contribution in [0.15, 0.2) is 0 Å². The number of halogens is 2. The number of rotatable bonds is 2. The standard InChI is InChI=1S/C7H12Br2O/c1-5(8)7(6(2)9)3-4-10-7/h5-6H,3-4H2,1-2H3. The third kappa shape index (κ3) is 1.28. The summed E-state index contributed by atoms with van der Waals surface area (Å²) < 4.78 is 5.55. The van der Waals surface area contributed by atoms with Crippen LogP contribution in [-0.4, -0.2) is 21.9 Å². The summed E-state index contributed by atoms with van der Waals surface area (Å²) >= 11 is 7.11. The molecule has 10 heavy (non-hydrogen) atoms. The van der Waals surface area contributed by atoms with Crippen LogP contribution in [0.5, 0.6) is 0 Å². The van der Waals surface area contributed by atoms with E-state index in [9.17, 15) is 0 Å². The quantitative estimate of drug-likeness (QED) is 0.702. The van der Waals surface area contributed by atoms with Crippen molar-refractivity contribution in [3.05, 3.63) is 0 Å². The maximum absolute atomic E-state index is 5.55. The fourth-order valence-electron chi connectivity index (χ4n) is 1.28. The Balaban J connectivity index is 2.59. The fraction of sp³-hybridized carbons (Fsp3) is 1.00. The molecule has 1 heterocycles. The molecule has 0 bridgehead atoms. The molecule has 1 saturated heterocycles. The molecule has 0 N–H and O–H groups in total. The molecule has 0 saturated carbocycles. The van der Waals surface area contributed by atoms with Gasteiger partial charge in [0, 0.05) is 16.1 Å². The molecular formula is C7H12Br2O. The van der Waals surface area contributed by atoms with Gasteiger partial charge in [0.1, 0.15) is 0 Å². The normalized spacial score (nSPS) is 38.4. The lowest BCUT2D eigenvalue weighted by atomic mass is 9.89. The Kier molecular flexibility index (Phi) is 2.81. The van der Waals surface area contributed by atoms with E-state index in [2.05, 4.69) is 45.7 Å². The monoisotopic (exact) mass is 270 g/mol. The average Bonchev–Trinajstić information content (AvgIpc) is 1.57. The van der Waals surface area contributed by atoms with Gasteiger partial charge in [-0.15, -0.1) is 0 Å². The summed E-state index contributed by atoms with van der Waals surface area (Å²) in [7, 11) is 0. The molecule has 1 nitrogen and oxygen atoms in total. The first-order valence-corrected chi connectivity index (χ1v) is 5.35. The van der Waals surface area contributed by atoms with Gasteiger partial charge >= 0.3 is 0 Å². The van der Waals surface area contributed by atoms with Gasteiger partial charge in [-0.1, -0.05) is 31.9 Å². The first-order chi connectivity index (χ1) is 4.59. The molecule has 1 aliphatic rings. The molecule has 1 aliphatic heterocycles. The van der Waals surface area contributed by atoms with Gasteiger partial charge in [-0.05, 0) is 13.8 Å². The molecule has 2 unspecified atom stereocenters. The summed E-state index contributed by atoms with van der Waals surface area (Å²) in [5, 5.41) is 0. The van der Waals surface area contributed by atoms with E-state index >= 15 is 0 Å². The van der Waals surface area contributed by atoms with Gasteiger partial charge in [0.25, 0.3) is 0 Å². The minimum absolute atomic E-state index is 0.0556. The molecule has 2 atom stereocenters. The zero-order valence-corrected chi connectivity index (χ0v) is 9.41. The maximum atomic E-state index is 5.55. The van der Waals surface area contributed by atoms with Crippen LogP contribution in [0.2, 0.25) is 0 Å². The van der Waals surface area contributed by atoms with Crippen molar-refractivity contribution < 1.29 is 4.74 Å². The van der Waals surface area contributed by atoms with Gasteiger partial charge in [-0.3, -0.25) is 0 Å². The Hall–Kier alpha value is 0.920. The largest absolute Gasteiger partial charge is 0.372 e. The summed E-state index contributed by atoms with van der Waals surface area (Å²) in [6.07, 6.45) is 1.16. The van der Waals surface area contributed by atoms with E-state index in [4.69, 9.17) is 4.74 Å². The van der Waals surface area contributed by atoms with Crippen LogP contribution in [0.4, 0.5) is 0 Å². The number of hydrogen-bond donors (Lipinski definition) is 0. The highest BCUT2D eigenvalue weighted by molar-refractivity contribution is 9.10. The van der Waals surface area contributed by atoms with Crippen LogP contribution in [0.1, 0.15) is 20.3 Å². The van der Waals surface area contributed by atoms with Crippen molar-refractivity contribution in [2.45, 2.75) is 35.5 Å². The Labute approximate surface area is 78.8 Å². The van der Waals surface area contributed by atoms with E-state index in [0.29, 0.717) is 9.65 Å². The molecule has 0 amide bonds. The van der Waals surface area contributed by atoms with Crippen LogP contribution >= 0.6 is 31.9 Å². The highest BCUT2D eigenvalue weighted by atomic mass is 79.9. The molecule has 0 aromatic rings. The van der Waals surface area contributed by atoms with E-state index in [-0.39, 0.29) is 5.60 Å². The molecular weight excluding hydrogens is 260 g/mol. The summed E-state index contributed by atoms with van der Waals surface area (Å²) in [5.74, 6) is 0. The Morgan fingerprint density at radius 3 is 1.70 bits per heavy atom. The predicted molar refractivity (Wildman–Crippen MR) is 50.1 cm³/mol. The van der Waals surface area contributed by atoms with Gasteiger partial charge in [0.15, 0.2) is 0 Å². The first-order valence-electron chi connectivity index (χ1n) is 3.51. The summed E-state index contributed by atoms with van der Waals surface area (Å²) in [4.78, 5) is 0.867. The number of alkyl halides is 2. The highest BCUT2D eigenvalue weighted by Gasteiger charge is 2.46. The average molecular weight is 272 g/mol. The van der Waals surface area contributed by atoms with Crippen molar-refractivity contribution in [3.8, 4) is 0 Å². The molecule has 0 aromatic carbocycles. The van der Waals surface area contributed by atoms with Gasteiger partial charge < -0.3 is 4.74 Å². The second-order valence-corrected chi connectivity index (χ2v) is 5.53. The van der Waals surface area contributed by atoms with E-state index in [1.807, 2.05) is 0 Å². The first kappa shape index (κ1) is 9.01. The molecule has 0 aromatic heterocycles. The van der Waals surface area contributed by atoms with Gasteiger partial charge in [-0.25, -0.2) is 0 Å². The lowest BCUT2D eigenvalue weighted by molar-refractivity contribution is -0.140. The minimum Gasteiger partial charge on any atom is -0.372 e. The second-order valence-electron chi connectivity index (χ2n) is 2.79. The Morgan fingerprint density at radius 2 is 1.70 bits per heavy atom. The summed E-state index contributed by atoms with van der Waals surface area (Å²) in [6.45, 7) is 5.18. The lowest BCUT2D eigenvalue weighted by Gasteiger charge is -2.46. The Bertz CT molecular complexity index is 109. The number of hydrogen-bond acceptors (Lipinski definition) is 1. The topological polar surface area (TPSA) is 9.23 Å². The van der Waals surface area contributed by atoms with Crippen molar-refractivity contribution in [1.82, 2.24) is 0 Å². The van der Waals surface area contributed by atoms with E-state index in [0.717, 1.165) is 13.0 Å². The highest BCUT2D eigenvalue weighted by Crippen LogP contribution is 2.40. The Morgan fingerprint density at radius 1 is 1.30 bits per heavy atom. The van der Waals surface area contributed by atoms with Crippen molar-refractivity contribution in [1.29, 1.82) is 0 Å². The predicted octanol–water partition coefficient (Wildman–Crippen LogP) is 2.71. The third-order valence-corrected chi connectivity index (χ3v) is 3.76. The lowest BCUT2D eigenvalue weighted by Crippen LogP contribution is -2.55. The smallest absolute Gasteiger partial charge is 0.0947 e. The van der Waals surface area contributed by atoms with E-state index < -0.39 is 0 Å². The summed E-state index contributed by atoms with van der Waals surface area (Å²) in [5.41, 5.74) is 0.0556. The van der Waals surface area contributed by atoms with Crippen LogP contribution < -0.4 is 0 Å². The zero-order valence-electron chi connectivity index (χ0n) is 6.23. The zero-order chi connectivity index (χ0) is 7.78. The minimum atomic E-state index is 0.0556. The van der Waals surface area contributed by atoms with E-state index in [1.54, 1.807) is 0 Å². The van der Waals surface area contributed by atoms with Gasteiger partial charge in [0.05, 0.1) is 12.2 Å². The summed E-state index contributed by atoms with van der Waals surface area (Å²) in [6, 6.07) is 0. The van der Waals surface area contributed by atoms with Gasteiger partial charge in [-0.2, -0.15) is 0 Å². The van der Waals surface area contributed by atoms with E-state index in [1.165, 1.54) is 0 Å². The fourth-order valence-corrected chi connectivity index (χ4v) is 3.15. The SMILES string of the molecule is CC(Br)C1(C(C)Br)CCO1. The third-order valence-electron chi connectivity index (χ3n) is 2.21. The number of ether oxygens (including phenoxy) is 1. The van der Waals surface area contributed by atoms with Crippen molar-refractivity contribution in [3.63, 3.8) is 0 Å². The van der Waals surface area contributed by atoms with Crippen LogP contribution in [0, 0.1) is 0 Å². The van der Waals surface area contributed by atoms with Crippen molar-refractivity contribution >= 4 is 31.9 Å². The molecule has 0 radical (unpaired) electrons. The maximum Gasteiger partial charge on any atom is 0.0947 e. The van der Waals surface area contributed by atoms with Crippen LogP contribution in [0.25, 0.3) is 0 Å². The van der Waals surface area contributed by atoms with Crippen molar-refractivity contribution in [2.75, 3.05) is 6.61 Å². The molecule has 60 valence electrons. The second kappa shape index (κ2) is 3.11. The molecule has 3 heteroatoms. The van der Waals surface area contributed by atoms with Crippen molar-refractivity contribution in [2.24, 2.45) is 0 Å². The molecule has 0 aliphatic carbocycles. The van der Waals surface area contributed by atoms with Crippen LogP contribution in [0.3, 0.4) is 0 Å².